The lowest BCUT2D eigenvalue weighted by atomic mass is 9.49. The van der Waals surface area contributed by atoms with E-state index in [4.69, 9.17) is 0 Å². The van der Waals surface area contributed by atoms with Gasteiger partial charge in [0.05, 0.1) is 0 Å². The van der Waals surface area contributed by atoms with Crippen LogP contribution in [0.1, 0.15) is 72.1 Å². The summed E-state index contributed by atoms with van der Waals surface area (Å²) < 4.78 is 0. The van der Waals surface area contributed by atoms with Gasteiger partial charge in [0, 0.05) is 6.04 Å². The highest BCUT2D eigenvalue weighted by molar-refractivity contribution is 5.02. The zero-order chi connectivity index (χ0) is 14.1. The fraction of sp³-hybridized carbons (Fsp3) is 1.00. The van der Waals surface area contributed by atoms with Crippen LogP contribution in [0, 0.1) is 35.5 Å². The van der Waals surface area contributed by atoms with Crippen molar-refractivity contribution in [3.8, 4) is 0 Å². The van der Waals surface area contributed by atoms with Crippen LogP contribution < -0.4 is 5.32 Å². The maximum Gasteiger partial charge on any atom is 0.0129 e. The second-order valence-corrected chi connectivity index (χ2v) is 8.06. The highest BCUT2D eigenvalue weighted by Crippen LogP contribution is 2.58. The first-order chi connectivity index (χ1) is 9.76. The van der Waals surface area contributed by atoms with Crippen molar-refractivity contribution < 1.29 is 0 Å². The van der Waals surface area contributed by atoms with E-state index in [0.29, 0.717) is 0 Å². The molecule has 20 heavy (non-hydrogen) atoms. The Morgan fingerprint density at radius 1 is 0.850 bits per heavy atom. The van der Waals surface area contributed by atoms with Crippen LogP contribution in [-0.4, -0.2) is 12.6 Å². The molecule has 4 aliphatic carbocycles. The molecular formula is C19H35N. The topological polar surface area (TPSA) is 12.0 Å². The Balaban J connectivity index is 1.75. The number of rotatable bonds is 7. The van der Waals surface area contributed by atoms with Crippen molar-refractivity contribution in [3.63, 3.8) is 0 Å². The summed E-state index contributed by atoms with van der Waals surface area (Å²) in [6.07, 6.45) is 11.9. The zero-order valence-electron chi connectivity index (χ0n) is 13.9. The third kappa shape index (κ3) is 2.67. The molecule has 1 nitrogen and oxygen atoms in total. The zero-order valence-corrected chi connectivity index (χ0v) is 13.9. The molecular weight excluding hydrogens is 242 g/mol. The van der Waals surface area contributed by atoms with E-state index in [9.17, 15) is 0 Å². The van der Waals surface area contributed by atoms with Gasteiger partial charge < -0.3 is 5.32 Å². The van der Waals surface area contributed by atoms with Gasteiger partial charge in [-0.3, -0.25) is 0 Å². The van der Waals surface area contributed by atoms with Crippen molar-refractivity contribution in [2.75, 3.05) is 6.54 Å². The second kappa shape index (κ2) is 6.38. The standard InChI is InChI=1S/C19H35N/c1-4-7-20-19(15(5-2)6-3)18-16-9-13-8-14(11-16)12-17(18)10-13/h13-20H,4-12H2,1-3H3. The fourth-order valence-corrected chi connectivity index (χ4v) is 6.28. The molecule has 4 saturated carbocycles. The maximum atomic E-state index is 4.00. The van der Waals surface area contributed by atoms with Crippen LogP contribution in [-0.2, 0) is 0 Å². The first-order valence-electron chi connectivity index (χ1n) is 9.50. The molecule has 0 aromatic heterocycles. The predicted molar refractivity (Wildman–Crippen MR) is 86.7 cm³/mol. The van der Waals surface area contributed by atoms with Crippen LogP contribution in [0.25, 0.3) is 0 Å². The molecule has 1 N–H and O–H groups in total. The van der Waals surface area contributed by atoms with Crippen LogP contribution in [0.5, 0.6) is 0 Å². The lowest BCUT2D eigenvalue weighted by Gasteiger charge is -2.57. The van der Waals surface area contributed by atoms with Crippen LogP contribution >= 0.6 is 0 Å². The summed E-state index contributed by atoms with van der Waals surface area (Å²) in [5.41, 5.74) is 0. The number of nitrogens with one attached hydrogen (secondary N) is 1. The Labute approximate surface area is 126 Å². The van der Waals surface area contributed by atoms with Crippen LogP contribution in [0.15, 0.2) is 0 Å². The van der Waals surface area contributed by atoms with Crippen molar-refractivity contribution in [2.45, 2.75) is 78.2 Å². The summed E-state index contributed by atoms with van der Waals surface area (Å²) >= 11 is 0. The van der Waals surface area contributed by atoms with Crippen molar-refractivity contribution in [3.05, 3.63) is 0 Å². The predicted octanol–water partition coefficient (Wildman–Crippen LogP) is 4.86. The quantitative estimate of drug-likeness (QED) is 0.700. The summed E-state index contributed by atoms with van der Waals surface area (Å²) in [7, 11) is 0. The SMILES string of the molecule is CCCNC(C(CC)CC)C1C2CC3CC(C2)CC1C3. The highest BCUT2D eigenvalue weighted by atomic mass is 14.9. The van der Waals surface area contributed by atoms with Crippen molar-refractivity contribution in [1.29, 1.82) is 0 Å². The third-order valence-corrected chi connectivity index (χ3v) is 6.90. The lowest BCUT2D eigenvalue weighted by molar-refractivity contribution is -0.0611. The van der Waals surface area contributed by atoms with Gasteiger partial charge in [0.2, 0.25) is 0 Å². The highest BCUT2D eigenvalue weighted by Gasteiger charge is 2.51. The van der Waals surface area contributed by atoms with Gasteiger partial charge in [0.15, 0.2) is 0 Å². The molecule has 0 saturated heterocycles. The average molecular weight is 277 g/mol. The van der Waals surface area contributed by atoms with Crippen molar-refractivity contribution in [1.82, 2.24) is 5.32 Å². The molecule has 1 heteroatoms. The van der Waals surface area contributed by atoms with E-state index in [1.807, 2.05) is 0 Å². The minimum atomic E-state index is 0.819. The molecule has 0 aromatic rings. The Bertz CT molecular complexity index is 279. The summed E-state index contributed by atoms with van der Waals surface area (Å²) in [5.74, 6) is 6.29. The normalized spacial score (nSPS) is 40.5. The molecule has 116 valence electrons. The first-order valence-corrected chi connectivity index (χ1v) is 9.50. The molecule has 4 fully saturated rings. The van der Waals surface area contributed by atoms with Crippen molar-refractivity contribution in [2.24, 2.45) is 35.5 Å². The van der Waals surface area contributed by atoms with E-state index < -0.39 is 0 Å². The number of hydrogen-bond acceptors (Lipinski definition) is 1. The molecule has 4 bridgehead atoms. The van der Waals surface area contributed by atoms with Gasteiger partial charge in [0.25, 0.3) is 0 Å². The summed E-state index contributed by atoms with van der Waals surface area (Å²) in [6, 6.07) is 0.819. The lowest BCUT2D eigenvalue weighted by Crippen LogP contribution is -2.55. The summed E-state index contributed by atoms with van der Waals surface area (Å²) in [4.78, 5) is 0. The second-order valence-electron chi connectivity index (χ2n) is 8.06. The van der Waals surface area contributed by atoms with Gasteiger partial charge in [0.1, 0.15) is 0 Å². The molecule has 1 atom stereocenters. The van der Waals surface area contributed by atoms with Gasteiger partial charge >= 0.3 is 0 Å². The molecule has 4 aliphatic rings. The summed E-state index contributed by atoms with van der Waals surface area (Å²) in [5, 5.41) is 4.00. The largest absolute Gasteiger partial charge is 0.313 e. The smallest absolute Gasteiger partial charge is 0.0129 e. The van der Waals surface area contributed by atoms with E-state index in [0.717, 1.165) is 41.5 Å². The molecule has 0 aromatic carbocycles. The van der Waals surface area contributed by atoms with E-state index >= 15 is 0 Å². The molecule has 0 spiro atoms. The molecule has 0 aliphatic heterocycles. The van der Waals surface area contributed by atoms with Crippen LogP contribution in [0.3, 0.4) is 0 Å². The molecule has 4 rings (SSSR count). The van der Waals surface area contributed by atoms with Gasteiger partial charge in [-0.2, -0.15) is 0 Å². The van der Waals surface area contributed by atoms with Gasteiger partial charge in [-0.25, -0.2) is 0 Å². The number of hydrogen-bond donors (Lipinski definition) is 1. The van der Waals surface area contributed by atoms with Gasteiger partial charge in [-0.05, 0) is 80.6 Å². The Kier molecular flexibility index (Phi) is 4.75. The minimum Gasteiger partial charge on any atom is -0.313 e. The van der Waals surface area contributed by atoms with E-state index in [2.05, 4.69) is 26.1 Å². The Morgan fingerprint density at radius 3 is 1.85 bits per heavy atom. The maximum absolute atomic E-state index is 4.00. The fourth-order valence-electron chi connectivity index (χ4n) is 6.28. The van der Waals surface area contributed by atoms with E-state index in [1.54, 1.807) is 32.1 Å². The van der Waals surface area contributed by atoms with Crippen LogP contribution in [0.4, 0.5) is 0 Å². The molecule has 0 amide bonds. The molecule has 0 heterocycles. The average Bonchev–Trinajstić information content (AvgIpc) is 2.44. The summed E-state index contributed by atoms with van der Waals surface area (Å²) in [6.45, 7) is 8.35. The third-order valence-electron chi connectivity index (χ3n) is 6.90. The molecule has 0 radical (unpaired) electrons. The minimum absolute atomic E-state index is 0.819. The Hall–Kier alpha value is -0.0400. The monoisotopic (exact) mass is 277 g/mol. The van der Waals surface area contributed by atoms with Gasteiger partial charge in [-0.1, -0.05) is 33.6 Å². The first kappa shape index (κ1) is 14.9. The van der Waals surface area contributed by atoms with Crippen molar-refractivity contribution >= 4 is 0 Å². The van der Waals surface area contributed by atoms with Gasteiger partial charge in [-0.15, -0.1) is 0 Å². The molecule has 1 unspecified atom stereocenters. The van der Waals surface area contributed by atoms with E-state index in [-0.39, 0.29) is 0 Å². The van der Waals surface area contributed by atoms with Crippen LogP contribution in [0.2, 0.25) is 0 Å². The Morgan fingerprint density at radius 2 is 1.40 bits per heavy atom. The van der Waals surface area contributed by atoms with E-state index in [1.165, 1.54) is 25.8 Å².